The fraction of sp³-hybridized carbons (Fsp3) is 0. The zero-order valence-corrected chi connectivity index (χ0v) is 6.09. The fourth-order valence-electron chi connectivity index (χ4n) is 0.520. The van der Waals surface area contributed by atoms with E-state index < -0.39 is 22.4 Å². The maximum atomic E-state index is 12.4. The second-order valence-electron chi connectivity index (χ2n) is 1.76. The summed E-state index contributed by atoms with van der Waals surface area (Å²) in [6.45, 7) is 0. The lowest BCUT2D eigenvalue weighted by atomic mass is 10.5. The molecule has 0 unspecified atom stereocenters. The molecule has 0 fully saturated rings. The van der Waals surface area contributed by atoms with Gasteiger partial charge in [0, 0.05) is 6.20 Å². The maximum absolute atomic E-state index is 12.4. The van der Waals surface area contributed by atoms with Crippen LogP contribution in [0.15, 0.2) is 17.2 Å². The number of nitrogens with zero attached hydrogens (tertiary/aromatic N) is 1. The molecule has 1 N–H and O–H groups in total. The Balaban J connectivity index is 3.26. The molecule has 0 saturated carbocycles. The number of pyridine rings is 1. The Kier molecular flexibility index (Phi) is 2.04. The molecule has 0 aliphatic carbocycles. The summed E-state index contributed by atoms with van der Waals surface area (Å²) in [5.41, 5.74) is 0. The van der Waals surface area contributed by atoms with Gasteiger partial charge < -0.3 is 5.11 Å². The van der Waals surface area contributed by atoms with E-state index in [1.54, 1.807) is 0 Å². The standard InChI is InChI=1S/C5H4FNO3S/c6-4-1-3(11(9)10)2-7-5(4)8/h1-2,11H,(H,7,8). The van der Waals surface area contributed by atoms with Gasteiger partial charge in [-0.05, 0) is 6.07 Å². The normalized spacial score (nSPS) is 10.4. The summed E-state index contributed by atoms with van der Waals surface area (Å²) in [4.78, 5) is 2.84. The summed E-state index contributed by atoms with van der Waals surface area (Å²) >= 11 is 0. The number of aromatic nitrogens is 1. The highest BCUT2D eigenvalue weighted by atomic mass is 32.2. The van der Waals surface area contributed by atoms with Gasteiger partial charge in [0.1, 0.15) is 0 Å². The van der Waals surface area contributed by atoms with Crippen LogP contribution in [0, 0.1) is 5.82 Å². The minimum atomic E-state index is -2.84. The summed E-state index contributed by atoms with van der Waals surface area (Å²) in [6, 6.07) is 0.702. The number of aromatic hydroxyl groups is 1. The summed E-state index contributed by atoms with van der Waals surface area (Å²) in [5.74, 6) is -1.84. The lowest BCUT2D eigenvalue weighted by Crippen LogP contribution is -1.86. The Morgan fingerprint density at radius 2 is 2.18 bits per heavy atom. The van der Waals surface area contributed by atoms with Crippen molar-refractivity contribution in [3.63, 3.8) is 0 Å². The van der Waals surface area contributed by atoms with Crippen molar-refractivity contribution in [3.8, 4) is 5.88 Å². The van der Waals surface area contributed by atoms with Crippen LogP contribution in [0.3, 0.4) is 0 Å². The van der Waals surface area contributed by atoms with E-state index in [0.717, 1.165) is 6.20 Å². The average Bonchev–Trinajstić information content (AvgIpc) is 1.94. The fourth-order valence-corrected chi connectivity index (χ4v) is 0.891. The van der Waals surface area contributed by atoms with E-state index in [1.165, 1.54) is 0 Å². The highest BCUT2D eigenvalue weighted by molar-refractivity contribution is 7.72. The third kappa shape index (κ3) is 1.64. The van der Waals surface area contributed by atoms with Crippen molar-refractivity contribution in [2.75, 3.05) is 0 Å². The van der Waals surface area contributed by atoms with Crippen molar-refractivity contribution in [2.45, 2.75) is 4.90 Å². The van der Waals surface area contributed by atoms with Gasteiger partial charge in [-0.15, -0.1) is 0 Å². The predicted molar refractivity (Wildman–Crippen MR) is 34.4 cm³/mol. The molecular formula is C5H4FNO3S. The van der Waals surface area contributed by atoms with Crippen LogP contribution in [0.5, 0.6) is 5.88 Å². The first-order chi connectivity index (χ1) is 5.11. The molecular weight excluding hydrogens is 173 g/mol. The average molecular weight is 177 g/mol. The quantitative estimate of drug-likeness (QED) is 0.587. The first kappa shape index (κ1) is 7.93. The van der Waals surface area contributed by atoms with Gasteiger partial charge in [0.05, 0.1) is 4.90 Å². The molecule has 0 aliphatic rings. The number of rotatable bonds is 1. The first-order valence-corrected chi connectivity index (χ1v) is 3.78. The summed E-state index contributed by atoms with van der Waals surface area (Å²) < 4.78 is 32.8. The summed E-state index contributed by atoms with van der Waals surface area (Å²) in [6.07, 6.45) is 0.879. The van der Waals surface area contributed by atoms with Crippen molar-refractivity contribution < 1.29 is 17.9 Å². The zero-order valence-electron chi connectivity index (χ0n) is 5.19. The smallest absolute Gasteiger partial charge is 0.247 e. The minimum Gasteiger partial charge on any atom is -0.491 e. The van der Waals surface area contributed by atoms with E-state index in [9.17, 15) is 12.8 Å². The van der Waals surface area contributed by atoms with E-state index in [2.05, 4.69) is 4.98 Å². The number of hydrogen-bond donors (Lipinski definition) is 2. The number of halogens is 1. The van der Waals surface area contributed by atoms with Crippen LogP contribution in [0.4, 0.5) is 4.39 Å². The Labute approximate surface area is 63.3 Å². The van der Waals surface area contributed by atoms with Gasteiger partial charge >= 0.3 is 0 Å². The van der Waals surface area contributed by atoms with Crippen LogP contribution in [-0.2, 0) is 10.7 Å². The topological polar surface area (TPSA) is 67.3 Å². The van der Waals surface area contributed by atoms with Gasteiger partial charge in [0.15, 0.2) is 16.5 Å². The van der Waals surface area contributed by atoms with E-state index in [1.807, 2.05) is 0 Å². The van der Waals surface area contributed by atoms with E-state index >= 15 is 0 Å². The Morgan fingerprint density at radius 1 is 1.55 bits per heavy atom. The molecule has 11 heavy (non-hydrogen) atoms. The molecule has 1 aromatic heterocycles. The first-order valence-electron chi connectivity index (χ1n) is 2.60. The summed E-state index contributed by atoms with van der Waals surface area (Å²) in [7, 11) is -2.84. The van der Waals surface area contributed by atoms with Crippen molar-refractivity contribution >= 4 is 10.7 Å². The van der Waals surface area contributed by atoms with Crippen molar-refractivity contribution in [1.29, 1.82) is 0 Å². The van der Waals surface area contributed by atoms with Crippen LogP contribution in [-0.4, -0.2) is 18.5 Å². The molecule has 4 nitrogen and oxygen atoms in total. The molecule has 0 bridgehead atoms. The second-order valence-corrected chi connectivity index (χ2v) is 2.79. The maximum Gasteiger partial charge on any atom is 0.247 e. The number of thiol groups is 1. The van der Waals surface area contributed by atoms with Crippen LogP contribution >= 0.6 is 0 Å². The van der Waals surface area contributed by atoms with Crippen LogP contribution in [0.2, 0.25) is 0 Å². The third-order valence-electron chi connectivity index (χ3n) is 1.02. The van der Waals surface area contributed by atoms with E-state index in [0.29, 0.717) is 6.07 Å². The SMILES string of the molecule is O=[SH](=O)c1cnc(O)c(F)c1. The Hall–Kier alpha value is -1.17. The zero-order chi connectivity index (χ0) is 8.43. The van der Waals surface area contributed by atoms with Crippen LogP contribution in [0.1, 0.15) is 0 Å². The molecule has 0 atom stereocenters. The molecule has 0 aliphatic heterocycles. The van der Waals surface area contributed by atoms with Crippen molar-refractivity contribution in [3.05, 3.63) is 18.1 Å². The molecule has 1 rings (SSSR count). The van der Waals surface area contributed by atoms with E-state index in [4.69, 9.17) is 5.11 Å². The molecule has 1 heterocycles. The molecule has 6 heteroatoms. The lowest BCUT2D eigenvalue weighted by Gasteiger charge is -1.92. The lowest BCUT2D eigenvalue weighted by molar-refractivity contribution is 0.409. The Bertz CT molecular complexity index is 342. The van der Waals surface area contributed by atoms with Gasteiger partial charge in [-0.2, -0.15) is 0 Å². The highest BCUT2D eigenvalue weighted by Crippen LogP contribution is 2.12. The molecule has 0 spiro atoms. The third-order valence-corrected chi connectivity index (χ3v) is 1.68. The van der Waals surface area contributed by atoms with Gasteiger partial charge in [0.2, 0.25) is 5.88 Å². The Morgan fingerprint density at radius 3 is 2.64 bits per heavy atom. The largest absolute Gasteiger partial charge is 0.491 e. The molecule has 0 amide bonds. The van der Waals surface area contributed by atoms with Crippen LogP contribution < -0.4 is 0 Å². The predicted octanol–water partition coefficient (Wildman–Crippen LogP) is -0.103. The van der Waals surface area contributed by atoms with Crippen molar-refractivity contribution in [1.82, 2.24) is 4.98 Å². The molecule has 0 saturated heterocycles. The van der Waals surface area contributed by atoms with E-state index in [-0.39, 0.29) is 4.90 Å². The van der Waals surface area contributed by atoms with Gasteiger partial charge in [-0.1, -0.05) is 0 Å². The molecule has 60 valence electrons. The number of hydrogen-bond acceptors (Lipinski definition) is 4. The van der Waals surface area contributed by atoms with Crippen molar-refractivity contribution in [2.24, 2.45) is 0 Å². The minimum absolute atomic E-state index is 0.254. The molecule has 0 radical (unpaired) electrons. The van der Waals surface area contributed by atoms with Gasteiger partial charge in [-0.25, -0.2) is 17.8 Å². The molecule has 0 aromatic carbocycles. The molecule has 1 aromatic rings. The highest BCUT2D eigenvalue weighted by Gasteiger charge is 2.03. The second kappa shape index (κ2) is 2.83. The van der Waals surface area contributed by atoms with Gasteiger partial charge in [0.25, 0.3) is 0 Å². The van der Waals surface area contributed by atoms with Gasteiger partial charge in [-0.3, -0.25) is 0 Å². The monoisotopic (exact) mass is 177 g/mol. The summed E-state index contributed by atoms with van der Waals surface area (Å²) in [5, 5.41) is 8.54. The van der Waals surface area contributed by atoms with Crippen LogP contribution in [0.25, 0.3) is 0 Å².